The molecule has 8 heteroatoms. The van der Waals surface area contributed by atoms with Gasteiger partial charge in [-0.05, 0) is 79.1 Å². The molecule has 0 spiro atoms. The topological polar surface area (TPSA) is 59.3 Å². The first-order valence-corrected chi connectivity index (χ1v) is 14.9. The number of imidazole rings is 1. The van der Waals surface area contributed by atoms with E-state index in [0.29, 0.717) is 30.4 Å². The van der Waals surface area contributed by atoms with Crippen LogP contribution >= 0.6 is 11.6 Å². The van der Waals surface area contributed by atoms with Crippen LogP contribution in [0.5, 0.6) is 11.5 Å². The molecule has 1 amide bonds. The van der Waals surface area contributed by atoms with Gasteiger partial charge < -0.3 is 18.8 Å². The van der Waals surface area contributed by atoms with Gasteiger partial charge in [0, 0.05) is 49.5 Å². The van der Waals surface area contributed by atoms with Crippen LogP contribution in [0.4, 0.5) is 0 Å². The number of aromatic nitrogens is 2. The first-order valence-electron chi connectivity index (χ1n) is 14.5. The van der Waals surface area contributed by atoms with Gasteiger partial charge in [-0.3, -0.25) is 9.69 Å². The summed E-state index contributed by atoms with van der Waals surface area (Å²) < 4.78 is 13.5. The van der Waals surface area contributed by atoms with E-state index in [0.717, 1.165) is 47.0 Å². The van der Waals surface area contributed by atoms with Gasteiger partial charge in [-0.25, -0.2) is 4.98 Å². The third-order valence-corrected chi connectivity index (χ3v) is 8.29. The molecule has 1 fully saturated rings. The third-order valence-electron chi connectivity index (χ3n) is 8.04. The van der Waals surface area contributed by atoms with Crippen molar-refractivity contribution in [2.24, 2.45) is 0 Å². The highest BCUT2D eigenvalue weighted by molar-refractivity contribution is 6.30. The minimum Gasteiger partial charge on any atom is -0.497 e. The summed E-state index contributed by atoms with van der Waals surface area (Å²) >= 11 is 5.95. The Morgan fingerprint density at radius 3 is 2.44 bits per heavy atom. The second-order valence-electron chi connectivity index (χ2n) is 11.0. The number of hydrogen-bond donors (Lipinski definition) is 0. The van der Waals surface area contributed by atoms with Crippen molar-refractivity contribution >= 4 is 23.2 Å². The Balaban J connectivity index is 1.24. The summed E-state index contributed by atoms with van der Waals surface area (Å²) in [6, 6.07) is 25.9. The first kappa shape index (κ1) is 28.8. The highest BCUT2D eigenvalue weighted by atomic mass is 35.5. The summed E-state index contributed by atoms with van der Waals surface area (Å²) in [7, 11) is 1.68. The lowest BCUT2D eigenvalue weighted by atomic mass is 10.00. The zero-order valence-electron chi connectivity index (χ0n) is 24.7. The molecule has 220 valence electrons. The predicted octanol–water partition coefficient (Wildman–Crippen LogP) is 6.67. The molecule has 1 aliphatic heterocycles. The maximum absolute atomic E-state index is 12.9. The fourth-order valence-electron chi connectivity index (χ4n) is 5.59. The van der Waals surface area contributed by atoms with E-state index in [-0.39, 0.29) is 12.5 Å². The quantitative estimate of drug-likeness (QED) is 0.201. The van der Waals surface area contributed by atoms with E-state index in [1.54, 1.807) is 31.4 Å². The number of fused-ring (bicyclic) bond motifs is 1. The molecule has 0 saturated carbocycles. The van der Waals surface area contributed by atoms with Gasteiger partial charge in [0.25, 0.3) is 5.91 Å². The molecule has 5 aromatic rings. The zero-order valence-corrected chi connectivity index (χ0v) is 25.5. The van der Waals surface area contributed by atoms with Crippen molar-refractivity contribution < 1.29 is 14.3 Å². The number of carbonyl (C=O) groups excluding carboxylic acids is 1. The molecule has 0 radical (unpaired) electrons. The molecule has 0 bridgehead atoms. The minimum absolute atomic E-state index is 0.00995. The Morgan fingerprint density at radius 1 is 0.884 bits per heavy atom. The number of nitrogens with zero attached hydrogens (tertiary/aromatic N) is 4. The van der Waals surface area contributed by atoms with Gasteiger partial charge in [-0.1, -0.05) is 47.5 Å². The predicted molar refractivity (Wildman–Crippen MR) is 171 cm³/mol. The van der Waals surface area contributed by atoms with Crippen molar-refractivity contribution in [2.75, 3.05) is 39.9 Å². The van der Waals surface area contributed by atoms with Crippen LogP contribution in [-0.4, -0.2) is 65.0 Å². The number of rotatable bonds is 8. The molecule has 0 aliphatic carbocycles. The van der Waals surface area contributed by atoms with Crippen molar-refractivity contribution in [2.45, 2.75) is 20.4 Å². The number of piperazine rings is 1. The number of pyridine rings is 1. The Morgan fingerprint density at radius 2 is 1.67 bits per heavy atom. The first-order chi connectivity index (χ1) is 20.9. The third kappa shape index (κ3) is 6.38. The number of hydrogen-bond acceptors (Lipinski definition) is 5. The van der Waals surface area contributed by atoms with Crippen LogP contribution in [0.3, 0.4) is 0 Å². The van der Waals surface area contributed by atoms with Crippen LogP contribution in [0.2, 0.25) is 5.02 Å². The van der Waals surface area contributed by atoms with E-state index in [1.165, 1.54) is 16.7 Å². The molecule has 2 aromatic heterocycles. The highest BCUT2D eigenvalue weighted by Crippen LogP contribution is 2.31. The summed E-state index contributed by atoms with van der Waals surface area (Å²) in [5.74, 6) is 1.42. The van der Waals surface area contributed by atoms with E-state index in [2.05, 4.69) is 65.7 Å². The Kier molecular flexibility index (Phi) is 8.36. The minimum atomic E-state index is -0.0142. The number of aryl methyl sites for hydroxylation is 2. The van der Waals surface area contributed by atoms with Gasteiger partial charge in [0.1, 0.15) is 17.1 Å². The lowest BCUT2D eigenvalue weighted by Crippen LogP contribution is -2.49. The van der Waals surface area contributed by atoms with Crippen LogP contribution in [0, 0.1) is 13.8 Å². The van der Waals surface area contributed by atoms with Gasteiger partial charge in [-0.15, -0.1) is 0 Å². The van der Waals surface area contributed by atoms with E-state index < -0.39 is 0 Å². The fraction of sp³-hybridized carbons (Fsp3) is 0.257. The van der Waals surface area contributed by atoms with Gasteiger partial charge in [-0.2, -0.15) is 0 Å². The maximum Gasteiger partial charge on any atom is 0.260 e. The number of carbonyl (C=O) groups is 1. The van der Waals surface area contributed by atoms with E-state index in [1.807, 2.05) is 23.1 Å². The molecule has 1 saturated heterocycles. The van der Waals surface area contributed by atoms with Gasteiger partial charge >= 0.3 is 0 Å². The van der Waals surface area contributed by atoms with Gasteiger partial charge in [0.15, 0.2) is 6.61 Å². The molecule has 0 N–H and O–H groups in total. The van der Waals surface area contributed by atoms with Crippen molar-refractivity contribution in [3.05, 3.63) is 107 Å². The number of ether oxygens (including phenoxy) is 2. The van der Waals surface area contributed by atoms with Crippen molar-refractivity contribution in [1.82, 2.24) is 19.2 Å². The molecular weight excluding hydrogens is 560 g/mol. The SMILES string of the molecule is COc1cccc(-c2nc3ccc(-c4cc(C)ccc4C)cn3c2CN2CCN(C(=O)COc3ccc(Cl)cc3)CC2)c1. The molecule has 0 unspecified atom stereocenters. The second kappa shape index (κ2) is 12.5. The summed E-state index contributed by atoms with van der Waals surface area (Å²) in [6.07, 6.45) is 2.21. The fourth-order valence-corrected chi connectivity index (χ4v) is 5.71. The summed E-state index contributed by atoms with van der Waals surface area (Å²) in [5, 5.41) is 0.636. The largest absolute Gasteiger partial charge is 0.497 e. The Bertz CT molecular complexity index is 1760. The Labute approximate surface area is 257 Å². The lowest BCUT2D eigenvalue weighted by molar-refractivity contribution is -0.135. The van der Waals surface area contributed by atoms with Crippen molar-refractivity contribution in [1.29, 1.82) is 0 Å². The van der Waals surface area contributed by atoms with E-state index in [9.17, 15) is 4.79 Å². The van der Waals surface area contributed by atoms with E-state index >= 15 is 0 Å². The second-order valence-corrected chi connectivity index (χ2v) is 11.4. The normalized spacial score (nSPS) is 13.8. The van der Waals surface area contributed by atoms with Crippen LogP contribution < -0.4 is 9.47 Å². The van der Waals surface area contributed by atoms with Crippen LogP contribution in [0.15, 0.2) is 85.1 Å². The van der Waals surface area contributed by atoms with Gasteiger partial charge in [0.05, 0.1) is 18.5 Å². The summed E-state index contributed by atoms with van der Waals surface area (Å²) in [4.78, 5) is 22.2. The van der Waals surface area contributed by atoms with Gasteiger partial charge in [0.2, 0.25) is 0 Å². The molecular formula is C35H35ClN4O3. The number of benzene rings is 3. The number of amides is 1. The average molecular weight is 595 g/mol. The molecule has 0 atom stereocenters. The molecule has 7 nitrogen and oxygen atoms in total. The standard InChI is InChI=1S/C35H35ClN4O3/c1-24-7-8-25(2)31(19-24)27-9-14-33-37-35(26-5-4-6-30(20-26)42-3)32(40(33)21-27)22-38-15-17-39(18-16-38)34(41)23-43-29-12-10-28(36)11-13-29/h4-14,19-21H,15-18,22-23H2,1-3H3. The van der Waals surface area contributed by atoms with E-state index in [4.69, 9.17) is 26.1 Å². The maximum atomic E-state index is 12.9. The van der Waals surface area contributed by atoms with Crippen LogP contribution in [0.25, 0.3) is 28.0 Å². The zero-order chi connectivity index (χ0) is 29.9. The molecule has 43 heavy (non-hydrogen) atoms. The number of methoxy groups -OCH3 is 1. The van der Waals surface area contributed by atoms with Crippen LogP contribution in [0.1, 0.15) is 16.8 Å². The highest BCUT2D eigenvalue weighted by Gasteiger charge is 2.24. The smallest absolute Gasteiger partial charge is 0.260 e. The molecule has 3 aromatic carbocycles. The van der Waals surface area contributed by atoms with Crippen molar-refractivity contribution in [3.8, 4) is 33.9 Å². The molecule has 3 heterocycles. The van der Waals surface area contributed by atoms with Crippen LogP contribution in [-0.2, 0) is 11.3 Å². The monoisotopic (exact) mass is 594 g/mol. The molecule has 1 aliphatic rings. The summed E-state index contributed by atoms with van der Waals surface area (Å²) in [6.45, 7) is 7.78. The average Bonchev–Trinajstić information content (AvgIpc) is 3.39. The molecule has 6 rings (SSSR count). The number of halogens is 1. The lowest BCUT2D eigenvalue weighted by Gasteiger charge is -2.34. The Hall–Kier alpha value is -4.33. The van der Waals surface area contributed by atoms with Crippen molar-refractivity contribution in [3.63, 3.8) is 0 Å². The summed E-state index contributed by atoms with van der Waals surface area (Å²) in [5.41, 5.74) is 8.80.